The molecule has 2 N–H and O–H groups in total. The number of ether oxygens (including phenoxy) is 1. The van der Waals surface area contributed by atoms with Crippen LogP contribution in [0.15, 0.2) is 52.4 Å². The number of benzene rings is 1. The van der Waals surface area contributed by atoms with Gasteiger partial charge < -0.3 is 15.5 Å². The van der Waals surface area contributed by atoms with Crippen molar-refractivity contribution in [3.63, 3.8) is 0 Å². The highest BCUT2D eigenvalue weighted by Gasteiger charge is 2.26. The first-order valence-corrected chi connectivity index (χ1v) is 7.87. The Balaban J connectivity index is 2.70. The Morgan fingerprint density at radius 2 is 1.88 bits per heavy atom. The summed E-state index contributed by atoms with van der Waals surface area (Å²) < 4.78 is 4.87. The van der Waals surface area contributed by atoms with Gasteiger partial charge in [-0.25, -0.2) is 9.79 Å². The maximum Gasteiger partial charge on any atom is 0.357 e. The maximum absolute atomic E-state index is 12.1. The van der Waals surface area contributed by atoms with Gasteiger partial charge in [-0.15, -0.1) is 0 Å². The molecule has 5 heteroatoms. The predicted molar refractivity (Wildman–Crippen MR) is 96.9 cm³/mol. The predicted octanol–water partition coefficient (Wildman–Crippen LogP) is 3.54. The topological polar surface area (TPSA) is 74.5 Å². The van der Waals surface area contributed by atoms with Gasteiger partial charge in [-0.2, -0.15) is 0 Å². The van der Waals surface area contributed by atoms with Gasteiger partial charge in [-0.3, -0.25) is 0 Å². The third kappa shape index (κ3) is 3.45. The molecule has 1 aliphatic rings. The molecule has 0 aromatic heterocycles. The summed E-state index contributed by atoms with van der Waals surface area (Å²) in [6.07, 6.45) is 0. The molecular formula is C19H23N3O2. The van der Waals surface area contributed by atoms with E-state index in [0.717, 1.165) is 16.8 Å². The highest BCUT2D eigenvalue weighted by molar-refractivity contribution is 6.44. The molecule has 0 fully saturated rings. The molecule has 0 unspecified atom stereocenters. The van der Waals surface area contributed by atoms with Gasteiger partial charge in [-0.1, -0.05) is 44.2 Å². The standard InChI is InChI=1S/C19H23N3O2/c1-11(2)16-12(3)17(19(23)24-5)22-18(21-16)15(13(4)20)14-9-7-6-8-10-14/h6-11,20-21H,1-5H3/b18-15-,20-13?. The highest BCUT2D eigenvalue weighted by atomic mass is 16.5. The van der Waals surface area contributed by atoms with Crippen molar-refractivity contribution in [1.82, 2.24) is 5.32 Å². The fourth-order valence-corrected chi connectivity index (χ4v) is 2.70. The van der Waals surface area contributed by atoms with E-state index in [9.17, 15) is 4.79 Å². The summed E-state index contributed by atoms with van der Waals surface area (Å²) in [6, 6.07) is 9.60. The average molecular weight is 325 g/mol. The van der Waals surface area contributed by atoms with Crippen LogP contribution in [-0.4, -0.2) is 24.5 Å². The summed E-state index contributed by atoms with van der Waals surface area (Å²) in [5.41, 5.74) is 3.89. The molecule has 2 rings (SSSR count). The lowest BCUT2D eigenvalue weighted by molar-refractivity contribution is -0.132. The molecule has 1 heterocycles. The molecule has 1 aromatic carbocycles. The average Bonchev–Trinajstić information content (AvgIpc) is 2.56. The third-order valence-electron chi connectivity index (χ3n) is 3.87. The number of aliphatic imine (C=N–C) groups is 1. The summed E-state index contributed by atoms with van der Waals surface area (Å²) in [4.78, 5) is 16.6. The zero-order chi connectivity index (χ0) is 17.9. The van der Waals surface area contributed by atoms with Crippen LogP contribution >= 0.6 is 0 Å². The first-order chi connectivity index (χ1) is 11.4. The molecule has 0 bridgehead atoms. The van der Waals surface area contributed by atoms with Crippen LogP contribution in [0.3, 0.4) is 0 Å². The van der Waals surface area contributed by atoms with E-state index in [1.165, 1.54) is 7.11 Å². The molecule has 0 amide bonds. The van der Waals surface area contributed by atoms with Gasteiger partial charge >= 0.3 is 5.97 Å². The molecule has 0 saturated carbocycles. The molecule has 126 valence electrons. The Morgan fingerprint density at radius 1 is 1.25 bits per heavy atom. The van der Waals surface area contributed by atoms with E-state index in [1.54, 1.807) is 6.92 Å². The van der Waals surface area contributed by atoms with E-state index in [4.69, 9.17) is 10.1 Å². The SMILES string of the molecule is COC(=O)C1=N/C(=C(/C(C)=N)c2ccccc2)NC(C(C)C)=C1C. The van der Waals surface area contributed by atoms with Gasteiger partial charge in [0.25, 0.3) is 0 Å². The van der Waals surface area contributed by atoms with E-state index in [-0.39, 0.29) is 11.6 Å². The van der Waals surface area contributed by atoms with Gasteiger partial charge in [0.15, 0.2) is 5.71 Å². The van der Waals surface area contributed by atoms with Crippen molar-refractivity contribution in [2.75, 3.05) is 7.11 Å². The molecule has 1 aromatic rings. The minimum absolute atomic E-state index is 0.179. The van der Waals surface area contributed by atoms with E-state index in [1.807, 2.05) is 51.1 Å². The van der Waals surface area contributed by atoms with Crippen molar-refractivity contribution in [2.24, 2.45) is 10.9 Å². The normalized spacial score (nSPS) is 16.5. The van der Waals surface area contributed by atoms with Gasteiger partial charge in [-0.05, 0) is 25.3 Å². The van der Waals surface area contributed by atoms with Crippen LogP contribution in [-0.2, 0) is 9.53 Å². The zero-order valence-electron chi connectivity index (χ0n) is 14.7. The minimum atomic E-state index is -0.473. The summed E-state index contributed by atoms with van der Waals surface area (Å²) in [6.45, 7) is 7.66. The Morgan fingerprint density at radius 3 is 2.38 bits per heavy atom. The number of hydrogen-bond donors (Lipinski definition) is 2. The van der Waals surface area contributed by atoms with Gasteiger partial charge in [0.1, 0.15) is 5.82 Å². The Bertz CT molecular complexity index is 756. The monoisotopic (exact) mass is 325 g/mol. The van der Waals surface area contributed by atoms with Crippen LogP contribution in [0.2, 0.25) is 0 Å². The van der Waals surface area contributed by atoms with Crippen molar-refractivity contribution >= 4 is 23.0 Å². The van der Waals surface area contributed by atoms with Crippen LogP contribution < -0.4 is 5.32 Å². The largest absolute Gasteiger partial charge is 0.464 e. The minimum Gasteiger partial charge on any atom is -0.464 e. The van der Waals surface area contributed by atoms with Crippen LogP contribution in [0.5, 0.6) is 0 Å². The quantitative estimate of drug-likeness (QED) is 0.657. The lowest BCUT2D eigenvalue weighted by Gasteiger charge is -2.25. The van der Waals surface area contributed by atoms with E-state index < -0.39 is 5.97 Å². The summed E-state index contributed by atoms with van der Waals surface area (Å²) in [5, 5.41) is 11.5. The van der Waals surface area contributed by atoms with E-state index in [2.05, 4.69) is 10.3 Å². The van der Waals surface area contributed by atoms with Crippen LogP contribution in [0.4, 0.5) is 0 Å². The Kier molecular flexibility index (Phi) is 5.34. The lowest BCUT2D eigenvalue weighted by atomic mass is 9.97. The number of carbonyl (C=O) groups excluding carboxylic acids is 1. The van der Waals surface area contributed by atoms with Crippen LogP contribution in [0.25, 0.3) is 5.57 Å². The fraction of sp³-hybridized carbons (Fsp3) is 0.316. The van der Waals surface area contributed by atoms with E-state index >= 15 is 0 Å². The third-order valence-corrected chi connectivity index (χ3v) is 3.87. The summed E-state index contributed by atoms with van der Waals surface area (Å²) >= 11 is 0. The number of carbonyl (C=O) groups is 1. The second kappa shape index (κ2) is 7.25. The van der Waals surface area contributed by atoms with Crippen LogP contribution in [0, 0.1) is 11.3 Å². The Labute approximate surface area is 142 Å². The highest BCUT2D eigenvalue weighted by Crippen LogP contribution is 2.27. The molecule has 0 atom stereocenters. The van der Waals surface area contributed by atoms with E-state index in [0.29, 0.717) is 17.1 Å². The number of hydrogen-bond acceptors (Lipinski definition) is 5. The molecular weight excluding hydrogens is 302 g/mol. The molecule has 0 radical (unpaired) electrons. The number of allylic oxidation sites excluding steroid dienone is 2. The smallest absolute Gasteiger partial charge is 0.357 e. The van der Waals surface area contributed by atoms with Crippen molar-refractivity contribution in [2.45, 2.75) is 27.7 Å². The molecule has 0 spiro atoms. The number of esters is 1. The number of methoxy groups -OCH3 is 1. The second-order valence-electron chi connectivity index (χ2n) is 5.98. The van der Waals surface area contributed by atoms with Crippen molar-refractivity contribution in [3.8, 4) is 0 Å². The van der Waals surface area contributed by atoms with Crippen molar-refractivity contribution in [1.29, 1.82) is 5.41 Å². The first-order valence-electron chi connectivity index (χ1n) is 7.87. The van der Waals surface area contributed by atoms with Gasteiger partial charge in [0.05, 0.1) is 7.11 Å². The molecule has 0 saturated heterocycles. The lowest BCUT2D eigenvalue weighted by Crippen LogP contribution is -2.31. The van der Waals surface area contributed by atoms with Crippen molar-refractivity contribution in [3.05, 3.63) is 53.0 Å². The molecule has 5 nitrogen and oxygen atoms in total. The maximum atomic E-state index is 12.1. The fourth-order valence-electron chi connectivity index (χ4n) is 2.70. The molecule has 0 aliphatic carbocycles. The molecule has 1 aliphatic heterocycles. The Hall–Kier alpha value is -2.69. The summed E-state index contributed by atoms with van der Waals surface area (Å²) in [5.74, 6) is 0.210. The van der Waals surface area contributed by atoms with Gasteiger partial charge in [0, 0.05) is 22.6 Å². The zero-order valence-corrected chi connectivity index (χ0v) is 14.7. The first kappa shape index (κ1) is 17.7. The number of nitrogens with zero attached hydrogens (tertiary/aromatic N) is 1. The molecule has 24 heavy (non-hydrogen) atoms. The number of nitrogens with one attached hydrogen (secondary N) is 2. The van der Waals surface area contributed by atoms with Gasteiger partial charge in [0.2, 0.25) is 0 Å². The second-order valence-corrected chi connectivity index (χ2v) is 5.98. The number of rotatable bonds is 4. The van der Waals surface area contributed by atoms with Crippen LogP contribution in [0.1, 0.15) is 33.3 Å². The summed E-state index contributed by atoms with van der Waals surface area (Å²) in [7, 11) is 1.35. The van der Waals surface area contributed by atoms with Crippen molar-refractivity contribution < 1.29 is 9.53 Å².